The van der Waals surface area contributed by atoms with Crippen molar-refractivity contribution in [3.8, 4) is 27.6 Å². The third-order valence-electron chi connectivity index (χ3n) is 2.79. The van der Waals surface area contributed by atoms with Gasteiger partial charge >= 0.3 is 0 Å². The largest absolute Gasteiger partial charge is 0.507 e. The fraction of sp³-hybridized carbons (Fsp3) is 0.0714. The Hall–Kier alpha value is -2.07. The molecule has 0 spiro atoms. The molecule has 0 saturated carbocycles. The van der Waals surface area contributed by atoms with Crippen LogP contribution in [0.1, 0.15) is 5.56 Å². The molecule has 0 aliphatic heterocycles. The number of aromatic nitrogens is 2. The van der Waals surface area contributed by atoms with Crippen LogP contribution >= 0.6 is 11.3 Å². The van der Waals surface area contributed by atoms with Gasteiger partial charge in [0, 0.05) is 5.56 Å². The number of nitrogens with one attached hydrogen (secondary N) is 1. The van der Waals surface area contributed by atoms with Crippen molar-refractivity contribution < 1.29 is 5.11 Å². The summed E-state index contributed by atoms with van der Waals surface area (Å²) in [5.41, 5.74) is 3.60. The van der Waals surface area contributed by atoms with E-state index in [-0.39, 0.29) is 5.75 Å². The number of aromatic amines is 1. The zero-order valence-electron chi connectivity index (χ0n) is 9.84. The first-order valence-electron chi connectivity index (χ1n) is 5.63. The van der Waals surface area contributed by atoms with Crippen LogP contribution < -0.4 is 0 Å². The number of aryl methyl sites for hydroxylation is 1. The van der Waals surface area contributed by atoms with Crippen LogP contribution in [0.15, 0.2) is 41.8 Å². The Bertz CT molecular complexity index is 671. The van der Waals surface area contributed by atoms with Gasteiger partial charge in [0.15, 0.2) is 0 Å². The maximum atomic E-state index is 9.88. The average Bonchev–Trinajstić information content (AvgIpc) is 3.00. The lowest BCUT2D eigenvalue weighted by Crippen LogP contribution is -1.81. The summed E-state index contributed by atoms with van der Waals surface area (Å²) in [5.74, 6) is 0.254. The van der Waals surface area contributed by atoms with E-state index in [0.717, 1.165) is 27.4 Å². The molecule has 4 heteroatoms. The van der Waals surface area contributed by atoms with Gasteiger partial charge in [-0.15, -0.1) is 11.3 Å². The minimum absolute atomic E-state index is 0.254. The lowest BCUT2D eigenvalue weighted by atomic mass is 10.1. The number of phenolic OH excluding ortho intramolecular Hbond substituents is 1. The van der Waals surface area contributed by atoms with Crippen LogP contribution in [0.25, 0.3) is 21.8 Å². The summed E-state index contributed by atoms with van der Waals surface area (Å²) in [4.78, 5) is 1.14. The van der Waals surface area contributed by atoms with Crippen LogP contribution in [0.4, 0.5) is 0 Å². The maximum absolute atomic E-state index is 9.88. The Morgan fingerprint density at radius 1 is 1.22 bits per heavy atom. The van der Waals surface area contributed by atoms with Crippen LogP contribution in [0, 0.1) is 6.92 Å². The van der Waals surface area contributed by atoms with Crippen molar-refractivity contribution in [3.05, 3.63) is 47.3 Å². The van der Waals surface area contributed by atoms with Gasteiger partial charge < -0.3 is 5.11 Å². The molecule has 2 aromatic heterocycles. The molecule has 3 nitrogen and oxygen atoms in total. The Balaban J connectivity index is 2.05. The Morgan fingerprint density at radius 2 is 2.11 bits per heavy atom. The maximum Gasteiger partial charge on any atom is 0.125 e. The Labute approximate surface area is 109 Å². The van der Waals surface area contributed by atoms with E-state index < -0.39 is 0 Å². The molecule has 0 amide bonds. The zero-order chi connectivity index (χ0) is 12.5. The molecular formula is C14H12N2OS. The summed E-state index contributed by atoms with van der Waals surface area (Å²) in [6, 6.07) is 11.5. The van der Waals surface area contributed by atoms with Crippen molar-refractivity contribution in [3.63, 3.8) is 0 Å². The monoisotopic (exact) mass is 256 g/mol. The van der Waals surface area contributed by atoms with Crippen molar-refractivity contribution in [2.75, 3.05) is 0 Å². The van der Waals surface area contributed by atoms with E-state index in [4.69, 9.17) is 0 Å². The Morgan fingerprint density at radius 3 is 2.89 bits per heavy atom. The fourth-order valence-electron chi connectivity index (χ4n) is 1.87. The summed E-state index contributed by atoms with van der Waals surface area (Å²) in [6.07, 6.45) is 0. The molecule has 3 rings (SSSR count). The molecule has 18 heavy (non-hydrogen) atoms. The predicted molar refractivity (Wildman–Crippen MR) is 73.7 cm³/mol. The minimum Gasteiger partial charge on any atom is -0.507 e. The number of nitrogens with zero attached hydrogens (tertiary/aromatic N) is 1. The van der Waals surface area contributed by atoms with Gasteiger partial charge in [-0.25, -0.2) is 0 Å². The summed E-state index contributed by atoms with van der Waals surface area (Å²) >= 11 is 1.66. The summed E-state index contributed by atoms with van der Waals surface area (Å²) < 4.78 is 0. The van der Waals surface area contributed by atoms with Crippen molar-refractivity contribution >= 4 is 11.3 Å². The molecule has 0 aliphatic rings. The molecule has 3 aromatic rings. The van der Waals surface area contributed by atoms with E-state index in [1.807, 2.05) is 42.6 Å². The van der Waals surface area contributed by atoms with Gasteiger partial charge in [0.1, 0.15) is 5.75 Å². The highest BCUT2D eigenvalue weighted by molar-refractivity contribution is 7.13. The number of H-pyrrole nitrogens is 1. The highest BCUT2D eigenvalue weighted by Crippen LogP contribution is 2.32. The molecule has 0 aliphatic carbocycles. The number of rotatable bonds is 2. The van der Waals surface area contributed by atoms with Crippen LogP contribution in [0.2, 0.25) is 0 Å². The molecular weight excluding hydrogens is 244 g/mol. The summed E-state index contributed by atoms with van der Waals surface area (Å²) in [5, 5.41) is 19.2. The molecule has 1 aromatic carbocycles. The minimum atomic E-state index is 0.254. The first-order valence-corrected chi connectivity index (χ1v) is 6.51. The summed E-state index contributed by atoms with van der Waals surface area (Å²) in [7, 11) is 0. The van der Waals surface area contributed by atoms with Crippen LogP contribution in [-0.2, 0) is 0 Å². The lowest BCUT2D eigenvalue weighted by molar-refractivity contribution is 0.477. The molecule has 0 radical (unpaired) electrons. The zero-order valence-corrected chi connectivity index (χ0v) is 10.7. The first kappa shape index (κ1) is 11.0. The van der Waals surface area contributed by atoms with Gasteiger partial charge in [0.2, 0.25) is 0 Å². The Kier molecular flexibility index (Phi) is 2.64. The van der Waals surface area contributed by atoms with Crippen molar-refractivity contribution in [1.29, 1.82) is 0 Å². The SMILES string of the molecule is Cc1ccc(O)c(-c2cc(-c3cccs3)[nH]n2)c1. The van der Waals surface area contributed by atoms with Gasteiger partial charge in [0.05, 0.1) is 16.3 Å². The van der Waals surface area contributed by atoms with E-state index in [1.54, 1.807) is 17.4 Å². The molecule has 0 bridgehead atoms. The van der Waals surface area contributed by atoms with Crippen molar-refractivity contribution in [2.45, 2.75) is 6.92 Å². The third kappa shape index (κ3) is 1.91. The standard InChI is InChI=1S/C14H12N2OS/c1-9-4-5-13(17)10(7-9)11-8-12(16-15-11)14-3-2-6-18-14/h2-8,17H,1H3,(H,15,16). The van der Waals surface area contributed by atoms with Crippen molar-refractivity contribution in [2.24, 2.45) is 0 Å². The number of hydrogen-bond donors (Lipinski definition) is 2. The van der Waals surface area contributed by atoms with Gasteiger partial charge in [-0.1, -0.05) is 17.7 Å². The van der Waals surface area contributed by atoms with Gasteiger partial charge in [-0.3, -0.25) is 5.10 Å². The smallest absolute Gasteiger partial charge is 0.125 e. The number of aromatic hydroxyl groups is 1. The van der Waals surface area contributed by atoms with Crippen LogP contribution in [-0.4, -0.2) is 15.3 Å². The molecule has 2 N–H and O–H groups in total. The number of phenols is 1. The second-order valence-corrected chi connectivity index (χ2v) is 5.11. The number of thiophene rings is 1. The molecule has 0 unspecified atom stereocenters. The van der Waals surface area contributed by atoms with E-state index in [9.17, 15) is 5.11 Å². The molecule has 0 atom stereocenters. The average molecular weight is 256 g/mol. The third-order valence-corrected chi connectivity index (χ3v) is 3.70. The second-order valence-electron chi connectivity index (χ2n) is 4.16. The van der Waals surface area contributed by atoms with E-state index in [0.29, 0.717) is 0 Å². The predicted octanol–water partition coefficient (Wildman–Crippen LogP) is 3.82. The second kappa shape index (κ2) is 4.31. The molecule has 0 saturated heterocycles. The first-order chi connectivity index (χ1) is 8.74. The summed E-state index contributed by atoms with van der Waals surface area (Å²) in [6.45, 7) is 2.00. The van der Waals surface area contributed by atoms with E-state index >= 15 is 0 Å². The van der Waals surface area contributed by atoms with E-state index in [1.165, 1.54) is 0 Å². The highest BCUT2D eigenvalue weighted by Gasteiger charge is 2.10. The molecule has 0 fully saturated rings. The van der Waals surface area contributed by atoms with Crippen LogP contribution in [0.5, 0.6) is 5.75 Å². The number of hydrogen-bond acceptors (Lipinski definition) is 3. The fourth-order valence-corrected chi connectivity index (χ4v) is 2.57. The molecule has 2 heterocycles. The van der Waals surface area contributed by atoms with E-state index in [2.05, 4.69) is 10.2 Å². The van der Waals surface area contributed by atoms with Crippen molar-refractivity contribution in [1.82, 2.24) is 10.2 Å². The van der Waals surface area contributed by atoms with Gasteiger partial charge in [-0.05, 0) is 36.6 Å². The van der Waals surface area contributed by atoms with Crippen LogP contribution in [0.3, 0.4) is 0 Å². The molecule has 90 valence electrons. The number of benzene rings is 1. The highest BCUT2D eigenvalue weighted by atomic mass is 32.1. The lowest BCUT2D eigenvalue weighted by Gasteiger charge is -2.01. The normalized spacial score (nSPS) is 10.7. The van der Waals surface area contributed by atoms with Gasteiger partial charge in [-0.2, -0.15) is 5.10 Å². The quantitative estimate of drug-likeness (QED) is 0.732. The topological polar surface area (TPSA) is 48.9 Å². The van der Waals surface area contributed by atoms with Gasteiger partial charge in [0.25, 0.3) is 0 Å².